The minimum Gasteiger partial charge on any atom is -0.338 e. The van der Waals surface area contributed by atoms with Crippen LogP contribution in [0.2, 0.25) is 0 Å². The summed E-state index contributed by atoms with van der Waals surface area (Å²) in [5.41, 5.74) is 0. The van der Waals surface area contributed by atoms with Crippen LogP contribution in [0.1, 0.15) is 26.7 Å². The fourth-order valence-corrected chi connectivity index (χ4v) is 4.69. The van der Waals surface area contributed by atoms with E-state index in [-0.39, 0.29) is 29.5 Å². The fraction of sp³-hybridized carbons (Fsp3) is 0.917. The van der Waals surface area contributed by atoms with Crippen LogP contribution in [-0.2, 0) is 14.6 Å². The van der Waals surface area contributed by atoms with Gasteiger partial charge in [-0.15, -0.1) is 0 Å². The molecule has 104 valence electrons. The third-order valence-corrected chi connectivity index (χ3v) is 5.82. The minimum atomic E-state index is -2.94. The van der Waals surface area contributed by atoms with Crippen molar-refractivity contribution in [3.63, 3.8) is 0 Å². The van der Waals surface area contributed by atoms with E-state index in [0.717, 1.165) is 13.0 Å². The van der Waals surface area contributed by atoms with Crippen molar-refractivity contribution in [2.24, 2.45) is 5.92 Å². The third-order valence-electron chi connectivity index (χ3n) is 4.07. The van der Waals surface area contributed by atoms with Crippen LogP contribution >= 0.6 is 0 Å². The van der Waals surface area contributed by atoms with Crippen molar-refractivity contribution in [2.75, 3.05) is 24.6 Å². The summed E-state index contributed by atoms with van der Waals surface area (Å²) in [7, 11) is -2.94. The highest BCUT2D eigenvalue weighted by Crippen LogP contribution is 2.22. The highest BCUT2D eigenvalue weighted by atomic mass is 32.2. The molecule has 0 saturated carbocycles. The second kappa shape index (κ2) is 5.17. The maximum absolute atomic E-state index is 12.5. The van der Waals surface area contributed by atoms with Crippen LogP contribution in [-0.4, -0.2) is 55.9 Å². The maximum atomic E-state index is 12.5. The van der Waals surface area contributed by atoms with Crippen LogP contribution in [0.3, 0.4) is 0 Å². The van der Waals surface area contributed by atoms with Gasteiger partial charge >= 0.3 is 0 Å². The highest BCUT2D eigenvalue weighted by Gasteiger charge is 2.38. The number of hydrogen-bond donors (Lipinski definition) is 1. The van der Waals surface area contributed by atoms with Gasteiger partial charge in [-0.1, -0.05) is 6.92 Å². The molecule has 0 spiro atoms. The second-order valence-corrected chi connectivity index (χ2v) is 7.61. The molecule has 3 unspecified atom stereocenters. The standard InChI is InChI=1S/C12H22N2O3S/c1-3-14(10-5-7-18(16,17)8-10)12(15)11-9(2)4-6-13-11/h9-11,13H,3-8H2,1-2H3. The van der Waals surface area contributed by atoms with E-state index >= 15 is 0 Å². The number of nitrogens with one attached hydrogen (secondary N) is 1. The van der Waals surface area contributed by atoms with Gasteiger partial charge in [-0.05, 0) is 32.2 Å². The van der Waals surface area contributed by atoms with E-state index in [1.165, 1.54) is 0 Å². The van der Waals surface area contributed by atoms with E-state index in [1.807, 2.05) is 6.92 Å². The molecular weight excluding hydrogens is 252 g/mol. The molecule has 2 fully saturated rings. The second-order valence-electron chi connectivity index (χ2n) is 5.38. The molecule has 2 heterocycles. The first-order valence-corrected chi connectivity index (χ1v) is 8.51. The summed E-state index contributed by atoms with van der Waals surface area (Å²) in [6.45, 7) is 5.45. The molecule has 0 aromatic rings. The number of hydrogen-bond acceptors (Lipinski definition) is 4. The van der Waals surface area contributed by atoms with Gasteiger partial charge in [0.15, 0.2) is 9.84 Å². The molecule has 0 aliphatic carbocycles. The molecule has 5 nitrogen and oxygen atoms in total. The van der Waals surface area contributed by atoms with Crippen LogP contribution in [0.4, 0.5) is 0 Å². The van der Waals surface area contributed by atoms with Gasteiger partial charge in [0.25, 0.3) is 0 Å². The lowest BCUT2D eigenvalue weighted by Crippen LogP contribution is -2.50. The Morgan fingerprint density at radius 2 is 2.11 bits per heavy atom. The van der Waals surface area contributed by atoms with Gasteiger partial charge < -0.3 is 10.2 Å². The largest absolute Gasteiger partial charge is 0.338 e. The third kappa shape index (κ3) is 2.69. The predicted molar refractivity (Wildman–Crippen MR) is 70.0 cm³/mol. The van der Waals surface area contributed by atoms with Crippen LogP contribution in [0.5, 0.6) is 0 Å². The monoisotopic (exact) mass is 274 g/mol. The minimum absolute atomic E-state index is 0.0737. The first-order chi connectivity index (χ1) is 8.44. The Kier molecular flexibility index (Phi) is 3.96. The van der Waals surface area contributed by atoms with Gasteiger partial charge in [0, 0.05) is 12.6 Å². The van der Waals surface area contributed by atoms with Crippen molar-refractivity contribution >= 4 is 15.7 Å². The van der Waals surface area contributed by atoms with Gasteiger partial charge in [-0.25, -0.2) is 8.42 Å². The maximum Gasteiger partial charge on any atom is 0.240 e. The Bertz CT molecular complexity index is 421. The van der Waals surface area contributed by atoms with Crippen molar-refractivity contribution in [1.29, 1.82) is 0 Å². The van der Waals surface area contributed by atoms with E-state index in [0.29, 0.717) is 18.9 Å². The van der Waals surface area contributed by atoms with E-state index < -0.39 is 9.84 Å². The summed E-state index contributed by atoms with van der Waals surface area (Å²) < 4.78 is 23.0. The smallest absolute Gasteiger partial charge is 0.240 e. The van der Waals surface area contributed by atoms with E-state index in [4.69, 9.17) is 0 Å². The number of carbonyl (C=O) groups is 1. The number of sulfone groups is 1. The van der Waals surface area contributed by atoms with E-state index in [1.54, 1.807) is 4.90 Å². The molecule has 3 atom stereocenters. The SMILES string of the molecule is CCN(C(=O)C1NCCC1C)C1CCS(=O)(=O)C1. The molecule has 2 saturated heterocycles. The summed E-state index contributed by atoms with van der Waals surface area (Å²) in [6.07, 6.45) is 1.60. The van der Waals surface area contributed by atoms with Crippen molar-refractivity contribution < 1.29 is 13.2 Å². The van der Waals surface area contributed by atoms with Gasteiger partial charge in [-0.3, -0.25) is 4.79 Å². The topological polar surface area (TPSA) is 66.5 Å². The number of carbonyl (C=O) groups excluding carboxylic acids is 1. The van der Waals surface area contributed by atoms with Gasteiger partial charge in [0.05, 0.1) is 17.5 Å². The summed E-state index contributed by atoms with van der Waals surface area (Å²) in [6, 6.07) is -0.254. The van der Waals surface area contributed by atoms with E-state index in [2.05, 4.69) is 12.2 Å². The Balaban J connectivity index is 2.07. The quantitative estimate of drug-likeness (QED) is 0.788. The summed E-state index contributed by atoms with van der Waals surface area (Å²) in [5, 5.41) is 3.22. The molecule has 0 aromatic heterocycles. The molecule has 1 N–H and O–H groups in total. The average Bonchev–Trinajstić information content (AvgIpc) is 2.86. The van der Waals surface area contributed by atoms with Crippen molar-refractivity contribution in [3.05, 3.63) is 0 Å². The molecule has 6 heteroatoms. The van der Waals surface area contributed by atoms with Gasteiger partial charge in [0.2, 0.25) is 5.91 Å². The lowest BCUT2D eigenvalue weighted by molar-refractivity contribution is -0.135. The number of amides is 1. The lowest BCUT2D eigenvalue weighted by atomic mass is 10.0. The molecule has 0 bridgehead atoms. The number of rotatable bonds is 3. The zero-order chi connectivity index (χ0) is 13.3. The molecule has 2 rings (SSSR count). The van der Waals surface area contributed by atoms with Crippen LogP contribution < -0.4 is 5.32 Å². The van der Waals surface area contributed by atoms with Crippen molar-refractivity contribution in [2.45, 2.75) is 38.8 Å². The van der Waals surface area contributed by atoms with Crippen molar-refractivity contribution in [3.8, 4) is 0 Å². The molecule has 2 aliphatic rings. The van der Waals surface area contributed by atoms with Gasteiger partial charge in [-0.2, -0.15) is 0 Å². The van der Waals surface area contributed by atoms with Crippen LogP contribution in [0.15, 0.2) is 0 Å². The zero-order valence-corrected chi connectivity index (χ0v) is 11.9. The Morgan fingerprint density at radius 1 is 1.39 bits per heavy atom. The summed E-state index contributed by atoms with van der Waals surface area (Å²) in [5.74, 6) is 0.761. The van der Waals surface area contributed by atoms with Crippen molar-refractivity contribution in [1.82, 2.24) is 10.2 Å². The number of likely N-dealkylation sites (N-methyl/N-ethyl adjacent to an activating group) is 1. The zero-order valence-electron chi connectivity index (χ0n) is 11.1. The molecular formula is C12H22N2O3S. The first-order valence-electron chi connectivity index (χ1n) is 6.69. The van der Waals surface area contributed by atoms with E-state index in [9.17, 15) is 13.2 Å². The Hall–Kier alpha value is -0.620. The molecule has 2 aliphatic heterocycles. The molecule has 1 amide bonds. The molecule has 0 aromatic carbocycles. The van der Waals surface area contributed by atoms with Gasteiger partial charge in [0.1, 0.15) is 0 Å². The highest BCUT2D eigenvalue weighted by molar-refractivity contribution is 7.91. The summed E-state index contributed by atoms with van der Waals surface area (Å²) in [4.78, 5) is 14.2. The molecule has 0 radical (unpaired) electrons. The van der Waals surface area contributed by atoms with Crippen LogP contribution in [0, 0.1) is 5.92 Å². The van der Waals surface area contributed by atoms with Crippen LogP contribution in [0.25, 0.3) is 0 Å². The predicted octanol–water partition coefficient (Wildman–Crippen LogP) is 0.0200. The lowest BCUT2D eigenvalue weighted by Gasteiger charge is -2.30. The Labute approximate surface area is 109 Å². The summed E-state index contributed by atoms with van der Waals surface area (Å²) >= 11 is 0. The normalized spacial score (nSPS) is 34.7. The molecule has 18 heavy (non-hydrogen) atoms. The first kappa shape index (κ1) is 13.8. The average molecular weight is 274 g/mol. The Morgan fingerprint density at radius 3 is 2.56 bits per heavy atom. The number of nitrogens with zero attached hydrogens (tertiary/aromatic N) is 1. The fourth-order valence-electron chi connectivity index (χ4n) is 2.96.